The maximum Gasteiger partial charge on any atom is 0.178 e. The van der Waals surface area contributed by atoms with E-state index in [9.17, 15) is 9.59 Å². The fourth-order valence-electron chi connectivity index (χ4n) is 0.858. The Morgan fingerprint density at radius 1 is 1.15 bits per heavy atom. The van der Waals surface area contributed by atoms with Crippen molar-refractivity contribution in [2.75, 3.05) is 0 Å². The number of carbonyl (C=O) groups excluding carboxylic acids is 2. The van der Waals surface area contributed by atoms with Crippen molar-refractivity contribution in [2.45, 2.75) is 13.8 Å². The van der Waals surface area contributed by atoms with Crippen LogP contribution in [0.25, 0.3) is 0 Å². The van der Waals surface area contributed by atoms with E-state index in [1.54, 1.807) is 12.1 Å². The lowest BCUT2D eigenvalue weighted by atomic mass is 10.2. The number of pyridine rings is 1. The molecule has 0 aliphatic carbocycles. The summed E-state index contributed by atoms with van der Waals surface area (Å²) in [6.07, 6.45) is 0. The van der Waals surface area contributed by atoms with E-state index in [1.807, 2.05) is 0 Å². The molecule has 1 rings (SSSR count). The molecule has 3 nitrogen and oxygen atoms in total. The third-order valence-corrected chi connectivity index (χ3v) is 1.97. The predicted molar refractivity (Wildman–Crippen MR) is 51.9 cm³/mol. The Kier molecular flexibility index (Phi) is 2.93. The lowest BCUT2D eigenvalue weighted by Crippen LogP contribution is -2.03. The number of ketones is 2. The number of hydrogen-bond acceptors (Lipinski definition) is 3. The lowest BCUT2D eigenvalue weighted by molar-refractivity contribution is 0.101. The largest absolute Gasteiger partial charge is 0.293 e. The van der Waals surface area contributed by atoms with Gasteiger partial charge in [0.2, 0.25) is 0 Å². The minimum Gasteiger partial charge on any atom is -0.293 e. The number of halogens is 1. The van der Waals surface area contributed by atoms with Crippen LogP contribution in [-0.2, 0) is 0 Å². The zero-order valence-corrected chi connectivity index (χ0v) is 8.88. The highest BCUT2D eigenvalue weighted by molar-refractivity contribution is 9.10. The average Bonchev–Trinajstić information content (AvgIpc) is 2.03. The fraction of sp³-hybridized carbons (Fsp3) is 0.222. The Labute approximate surface area is 84.3 Å². The molecule has 0 aromatic carbocycles. The van der Waals surface area contributed by atoms with Crippen LogP contribution in [-0.4, -0.2) is 16.6 Å². The van der Waals surface area contributed by atoms with E-state index < -0.39 is 0 Å². The molecule has 1 aromatic rings. The van der Waals surface area contributed by atoms with Crippen molar-refractivity contribution in [3.8, 4) is 0 Å². The van der Waals surface area contributed by atoms with Gasteiger partial charge in [0, 0.05) is 18.3 Å². The topological polar surface area (TPSA) is 47.0 Å². The summed E-state index contributed by atoms with van der Waals surface area (Å²) in [4.78, 5) is 25.9. The second kappa shape index (κ2) is 3.79. The molecular formula is C9H8BrNO2. The second-order valence-corrected chi connectivity index (χ2v) is 3.58. The van der Waals surface area contributed by atoms with Gasteiger partial charge in [-0.2, -0.15) is 0 Å². The standard InChI is InChI=1S/C9H8BrNO2/c1-5(12)8-3-7(10)4-9(11-8)6(2)13/h3-4H,1-2H3. The van der Waals surface area contributed by atoms with Crippen molar-refractivity contribution in [2.24, 2.45) is 0 Å². The van der Waals surface area contributed by atoms with Crippen LogP contribution in [0.1, 0.15) is 34.8 Å². The van der Waals surface area contributed by atoms with Crippen molar-refractivity contribution in [3.63, 3.8) is 0 Å². The Hall–Kier alpha value is -1.03. The molecule has 68 valence electrons. The zero-order valence-electron chi connectivity index (χ0n) is 7.30. The van der Waals surface area contributed by atoms with E-state index in [0.29, 0.717) is 15.9 Å². The van der Waals surface area contributed by atoms with Gasteiger partial charge in [-0.15, -0.1) is 0 Å². The van der Waals surface area contributed by atoms with Gasteiger partial charge < -0.3 is 0 Å². The van der Waals surface area contributed by atoms with Crippen molar-refractivity contribution in [1.82, 2.24) is 4.98 Å². The van der Waals surface area contributed by atoms with Crippen LogP contribution in [0.2, 0.25) is 0 Å². The number of hydrogen-bond donors (Lipinski definition) is 0. The summed E-state index contributed by atoms with van der Waals surface area (Å²) in [5.41, 5.74) is 0.610. The van der Waals surface area contributed by atoms with E-state index in [-0.39, 0.29) is 11.6 Å². The Morgan fingerprint density at radius 3 is 1.85 bits per heavy atom. The molecule has 0 fully saturated rings. The van der Waals surface area contributed by atoms with E-state index in [0.717, 1.165) is 0 Å². The Bertz CT molecular complexity index is 342. The third-order valence-electron chi connectivity index (χ3n) is 1.51. The second-order valence-electron chi connectivity index (χ2n) is 2.67. The summed E-state index contributed by atoms with van der Waals surface area (Å²) >= 11 is 3.21. The minimum absolute atomic E-state index is 0.149. The van der Waals surface area contributed by atoms with Crippen LogP contribution < -0.4 is 0 Å². The molecule has 0 unspecified atom stereocenters. The van der Waals surface area contributed by atoms with E-state index in [2.05, 4.69) is 20.9 Å². The van der Waals surface area contributed by atoms with Crippen molar-refractivity contribution < 1.29 is 9.59 Å². The van der Waals surface area contributed by atoms with Gasteiger partial charge in [-0.25, -0.2) is 4.98 Å². The van der Waals surface area contributed by atoms with Crippen LogP contribution in [0, 0.1) is 0 Å². The van der Waals surface area contributed by atoms with E-state index in [4.69, 9.17) is 0 Å². The molecule has 0 amide bonds. The molecule has 13 heavy (non-hydrogen) atoms. The van der Waals surface area contributed by atoms with Crippen molar-refractivity contribution in [1.29, 1.82) is 0 Å². The van der Waals surface area contributed by atoms with Gasteiger partial charge in [0.25, 0.3) is 0 Å². The zero-order chi connectivity index (χ0) is 10.0. The molecule has 0 saturated heterocycles. The summed E-state index contributed by atoms with van der Waals surface area (Å²) in [5.74, 6) is -0.299. The summed E-state index contributed by atoms with van der Waals surface area (Å²) in [7, 11) is 0. The quantitative estimate of drug-likeness (QED) is 0.747. The van der Waals surface area contributed by atoms with Crippen LogP contribution in [0.3, 0.4) is 0 Å². The highest BCUT2D eigenvalue weighted by Crippen LogP contribution is 2.13. The van der Waals surface area contributed by atoms with Gasteiger partial charge in [0.05, 0.1) is 0 Å². The van der Waals surface area contributed by atoms with Gasteiger partial charge in [0.1, 0.15) is 11.4 Å². The first-order valence-electron chi connectivity index (χ1n) is 3.70. The smallest absolute Gasteiger partial charge is 0.178 e. The fourth-order valence-corrected chi connectivity index (χ4v) is 1.29. The highest BCUT2D eigenvalue weighted by Gasteiger charge is 2.07. The maximum atomic E-state index is 11.0. The van der Waals surface area contributed by atoms with Gasteiger partial charge in [0.15, 0.2) is 11.6 Å². The summed E-state index contributed by atoms with van der Waals surface area (Å²) in [5, 5.41) is 0. The average molecular weight is 242 g/mol. The molecule has 1 aromatic heterocycles. The highest BCUT2D eigenvalue weighted by atomic mass is 79.9. The number of carbonyl (C=O) groups is 2. The summed E-state index contributed by atoms with van der Waals surface area (Å²) < 4.78 is 0.693. The number of nitrogens with zero attached hydrogens (tertiary/aromatic N) is 1. The molecule has 4 heteroatoms. The lowest BCUT2D eigenvalue weighted by Gasteiger charge is -1.99. The summed E-state index contributed by atoms with van der Waals surface area (Å²) in [6, 6.07) is 3.18. The molecule has 0 aliphatic rings. The summed E-state index contributed by atoms with van der Waals surface area (Å²) in [6.45, 7) is 2.83. The van der Waals surface area contributed by atoms with Crippen molar-refractivity contribution >= 4 is 27.5 Å². The monoisotopic (exact) mass is 241 g/mol. The van der Waals surface area contributed by atoms with Gasteiger partial charge in [-0.1, -0.05) is 15.9 Å². The molecule has 1 heterocycles. The first-order chi connectivity index (χ1) is 6.00. The minimum atomic E-state index is -0.149. The Morgan fingerprint density at radius 2 is 1.54 bits per heavy atom. The Balaban J connectivity index is 3.26. The molecule has 0 bridgehead atoms. The van der Waals surface area contributed by atoms with E-state index >= 15 is 0 Å². The van der Waals surface area contributed by atoms with E-state index in [1.165, 1.54) is 13.8 Å². The molecular weight excluding hydrogens is 234 g/mol. The van der Waals surface area contributed by atoms with Crippen LogP contribution in [0.4, 0.5) is 0 Å². The van der Waals surface area contributed by atoms with Crippen LogP contribution in [0.15, 0.2) is 16.6 Å². The molecule has 0 saturated carbocycles. The number of Topliss-reactive ketones (excluding diaryl/α,β-unsaturated/α-hetero) is 2. The molecule has 0 radical (unpaired) electrons. The van der Waals surface area contributed by atoms with Gasteiger partial charge in [-0.3, -0.25) is 9.59 Å². The SMILES string of the molecule is CC(=O)c1cc(Br)cc(C(C)=O)n1. The predicted octanol–water partition coefficient (Wildman–Crippen LogP) is 2.25. The molecule has 0 atom stereocenters. The van der Waals surface area contributed by atoms with Crippen molar-refractivity contribution in [3.05, 3.63) is 28.0 Å². The molecule has 0 aliphatic heterocycles. The first-order valence-corrected chi connectivity index (χ1v) is 4.49. The number of rotatable bonds is 2. The molecule has 0 spiro atoms. The van der Waals surface area contributed by atoms with Crippen LogP contribution in [0.5, 0.6) is 0 Å². The van der Waals surface area contributed by atoms with Crippen LogP contribution >= 0.6 is 15.9 Å². The molecule has 0 N–H and O–H groups in total. The maximum absolute atomic E-state index is 11.0. The third kappa shape index (κ3) is 2.45. The van der Waals surface area contributed by atoms with Gasteiger partial charge >= 0.3 is 0 Å². The first kappa shape index (κ1) is 10.1. The number of aromatic nitrogens is 1. The normalized spacial score (nSPS) is 9.77. The van der Waals surface area contributed by atoms with Gasteiger partial charge in [-0.05, 0) is 12.1 Å².